The van der Waals surface area contributed by atoms with Crippen LogP contribution in [0.1, 0.15) is 36.8 Å². The summed E-state index contributed by atoms with van der Waals surface area (Å²) < 4.78 is 64.5. The van der Waals surface area contributed by atoms with Crippen LogP contribution in [0.3, 0.4) is 0 Å². The summed E-state index contributed by atoms with van der Waals surface area (Å²) in [7, 11) is 2.14. The lowest BCUT2D eigenvalue weighted by Crippen LogP contribution is -2.30. The quantitative estimate of drug-likeness (QED) is 0.148. The molecule has 0 atom stereocenters. The molecular weight excluding hydrogens is 949 g/mol. The van der Waals surface area contributed by atoms with Crippen LogP contribution in [0, 0.1) is 11.3 Å². The smallest absolute Gasteiger partial charge is 0.181 e. The first-order chi connectivity index (χ1) is 32.8. The number of thiophene rings is 5. The number of fused-ring (bicyclic) bond motifs is 7. The molecule has 7 aromatic rings. The molecule has 0 saturated heterocycles. The Balaban J connectivity index is 0.943. The minimum Gasteiger partial charge on any atom is -0.485 e. The number of hydrogen-bond acceptors (Lipinski definition) is 17. The molecule has 13 rings (SSSR count). The molecule has 2 aromatic carbocycles. The molecular formula is C50H40N2O10S5. The van der Waals surface area contributed by atoms with Crippen molar-refractivity contribution in [1.82, 2.24) is 0 Å². The highest BCUT2D eigenvalue weighted by Crippen LogP contribution is 2.68. The second kappa shape index (κ2) is 15.8. The van der Waals surface area contributed by atoms with Crippen molar-refractivity contribution in [3.05, 3.63) is 64.0 Å². The van der Waals surface area contributed by atoms with Crippen molar-refractivity contribution in [2.75, 3.05) is 78.0 Å². The maximum absolute atomic E-state index is 9.62. The Hall–Kier alpha value is -6.03. The summed E-state index contributed by atoms with van der Waals surface area (Å²) in [5.74, 6) is 6.66. The zero-order chi connectivity index (χ0) is 45.1. The normalized spacial score (nSPS) is 17.1. The third-order valence-electron chi connectivity index (χ3n) is 12.6. The predicted octanol–water partition coefficient (Wildman–Crippen LogP) is 12.5. The summed E-state index contributed by atoms with van der Waals surface area (Å²) in [6.07, 6.45) is 1.84. The third kappa shape index (κ3) is 6.29. The van der Waals surface area contributed by atoms with Gasteiger partial charge in [0.15, 0.2) is 57.5 Å². The van der Waals surface area contributed by atoms with E-state index in [0.29, 0.717) is 123 Å². The minimum absolute atomic E-state index is 0.224. The van der Waals surface area contributed by atoms with E-state index < -0.39 is 0 Å². The zero-order valence-electron chi connectivity index (χ0n) is 36.7. The molecule has 0 unspecified atom stereocenters. The lowest BCUT2D eigenvalue weighted by atomic mass is 9.73. The van der Waals surface area contributed by atoms with E-state index in [-0.39, 0.29) is 5.41 Å². The molecule has 67 heavy (non-hydrogen) atoms. The molecule has 11 heterocycles. The van der Waals surface area contributed by atoms with Gasteiger partial charge in [-0.25, -0.2) is 0 Å². The highest BCUT2D eigenvalue weighted by molar-refractivity contribution is 7.31. The SMILES string of the molecule is C/C(C#N)=C/c1sc(-c2sc(-c3sc(-c4sc(-c5sc(-c6ccc7c(c6)C(C)(C)c6ccccc6N7C)c6c5OCCO6)c5c4OCCO5)c4c3OCCO4)c3c2OCCO3)c2c1OCCO2. The molecule has 340 valence electrons. The van der Waals surface area contributed by atoms with Crippen molar-refractivity contribution in [2.24, 2.45) is 0 Å². The van der Waals surface area contributed by atoms with Gasteiger partial charge >= 0.3 is 0 Å². The van der Waals surface area contributed by atoms with Crippen LogP contribution in [0.25, 0.3) is 55.5 Å². The fraction of sp³-hybridized carbons (Fsp3) is 0.300. The van der Waals surface area contributed by atoms with E-state index in [1.54, 1.807) is 52.3 Å². The van der Waals surface area contributed by atoms with Gasteiger partial charge in [-0.3, -0.25) is 0 Å². The number of benzene rings is 2. The Labute approximate surface area is 405 Å². The average molecular weight is 989 g/mol. The Morgan fingerprint density at radius 1 is 0.493 bits per heavy atom. The summed E-state index contributed by atoms with van der Waals surface area (Å²) in [6, 6.07) is 17.6. The lowest BCUT2D eigenvalue weighted by molar-refractivity contribution is 0.171. The topological polar surface area (TPSA) is 119 Å². The standard InChI is InChI=1S/C50H40N2O10S5/c1-24(23-51)21-30-31-32(54-12-11-53-31)42(63-30)43-35-36(58-16-15-57-35)46(65-43)47-39-40(62-20-19-61-39)49(67-47)48-38-37(59-17-18-60-38)45(66-48)44-34-33(55-13-14-56-34)41(64-44)25-9-10-29-27(22-25)50(2,3)26-7-5-6-8-28(26)52(29)4/h5-10,21-22H,11-20H2,1-4H3/b24-21-. The molecule has 0 N–H and O–H groups in total. The first-order valence-electron chi connectivity index (χ1n) is 22.0. The van der Waals surface area contributed by atoms with Crippen LogP contribution in [-0.4, -0.2) is 73.1 Å². The predicted molar refractivity (Wildman–Crippen MR) is 264 cm³/mol. The van der Waals surface area contributed by atoms with Crippen molar-refractivity contribution in [1.29, 1.82) is 5.26 Å². The highest BCUT2D eigenvalue weighted by Gasteiger charge is 2.41. The van der Waals surface area contributed by atoms with E-state index >= 15 is 0 Å². The Kier molecular flexibility index (Phi) is 9.70. The van der Waals surface area contributed by atoms with Crippen molar-refractivity contribution in [3.8, 4) is 113 Å². The van der Waals surface area contributed by atoms with Gasteiger partial charge in [0.1, 0.15) is 66.1 Å². The van der Waals surface area contributed by atoms with E-state index in [9.17, 15) is 5.26 Å². The highest BCUT2D eigenvalue weighted by atomic mass is 32.1. The molecule has 12 nitrogen and oxygen atoms in total. The van der Waals surface area contributed by atoms with Crippen LogP contribution in [0.5, 0.6) is 57.5 Å². The van der Waals surface area contributed by atoms with E-state index in [0.717, 1.165) is 60.1 Å². The molecule has 17 heteroatoms. The molecule has 0 bridgehead atoms. The molecule has 0 radical (unpaired) electrons. The third-order valence-corrected chi connectivity index (χ3v) is 19.0. The van der Waals surface area contributed by atoms with Gasteiger partial charge in [-0.15, -0.1) is 56.7 Å². The summed E-state index contributed by atoms with van der Waals surface area (Å²) in [4.78, 5) is 11.1. The maximum Gasteiger partial charge on any atom is 0.181 e. The van der Waals surface area contributed by atoms with Crippen LogP contribution in [0.4, 0.5) is 11.4 Å². The summed E-state index contributed by atoms with van der Waals surface area (Å²) in [5.41, 5.74) is 6.36. The fourth-order valence-electron chi connectivity index (χ4n) is 9.52. The molecule has 0 aliphatic carbocycles. The monoisotopic (exact) mass is 988 g/mol. The van der Waals surface area contributed by atoms with E-state index in [2.05, 4.69) is 74.3 Å². The van der Waals surface area contributed by atoms with E-state index in [1.165, 1.54) is 33.8 Å². The number of nitrogens with zero attached hydrogens (tertiary/aromatic N) is 2. The van der Waals surface area contributed by atoms with Crippen molar-refractivity contribution < 1.29 is 47.4 Å². The van der Waals surface area contributed by atoms with Crippen LogP contribution < -0.4 is 52.3 Å². The molecule has 0 spiro atoms. The van der Waals surface area contributed by atoms with Gasteiger partial charge in [0.05, 0.1) is 54.8 Å². The lowest BCUT2D eigenvalue weighted by Gasteiger charge is -2.40. The first-order valence-corrected chi connectivity index (χ1v) is 26.1. The van der Waals surface area contributed by atoms with Crippen LogP contribution in [-0.2, 0) is 5.41 Å². The second-order valence-corrected chi connectivity index (χ2v) is 22.1. The molecule has 0 fully saturated rings. The maximum atomic E-state index is 9.62. The Morgan fingerprint density at radius 2 is 0.851 bits per heavy atom. The van der Waals surface area contributed by atoms with Gasteiger partial charge in [-0.2, -0.15) is 5.26 Å². The Bertz CT molecular complexity index is 3270. The summed E-state index contributed by atoms with van der Waals surface area (Å²) >= 11 is 7.89. The molecule has 0 amide bonds. The van der Waals surface area contributed by atoms with E-state index in [4.69, 9.17) is 47.4 Å². The minimum atomic E-state index is -0.224. The largest absolute Gasteiger partial charge is 0.485 e. The van der Waals surface area contributed by atoms with Gasteiger partial charge in [0.25, 0.3) is 0 Å². The number of anilines is 2. The number of hydrogen-bond donors (Lipinski definition) is 0. The number of ether oxygens (including phenoxy) is 10. The summed E-state index contributed by atoms with van der Waals surface area (Å²) in [5, 5.41) is 9.62. The average Bonchev–Trinajstić information content (AvgIpc) is 4.20. The van der Waals surface area contributed by atoms with Gasteiger partial charge < -0.3 is 52.3 Å². The fourth-order valence-corrected chi connectivity index (χ4v) is 16.0. The van der Waals surface area contributed by atoms with Gasteiger partial charge in [0.2, 0.25) is 0 Å². The van der Waals surface area contributed by atoms with Crippen molar-refractivity contribution >= 4 is 74.1 Å². The molecule has 6 aliphatic rings. The first kappa shape index (κ1) is 41.2. The second-order valence-electron chi connectivity index (χ2n) is 17.0. The number of para-hydroxylation sites is 1. The zero-order valence-corrected chi connectivity index (χ0v) is 40.8. The summed E-state index contributed by atoms with van der Waals surface area (Å²) in [6.45, 7) is 10.5. The van der Waals surface area contributed by atoms with Gasteiger partial charge in [0, 0.05) is 29.4 Å². The van der Waals surface area contributed by atoms with Crippen LogP contribution >= 0.6 is 56.7 Å². The van der Waals surface area contributed by atoms with Crippen LogP contribution in [0.2, 0.25) is 0 Å². The van der Waals surface area contributed by atoms with E-state index in [1.807, 2.05) is 6.08 Å². The van der Waals surface area contributed by atoms with Crippen LogP contribution in [0.15, 0.2) is 48.0 Å². The Morgan fingerprint density at radius 3 is 1.30 bits per heavy atom. The van der Waals surface area contributed by atoms with Crippen molar-refractivity contribution in [3.63, 3.8) is 0 Å². The molecule has 6 aliphatic heterocycles. The van der Waals surface area contributed by atoms with Gasteiger partial charge in [-0.05, 0) is 47.9 Å². The number of allylic oxidation sites excluding steroid dienone is 1. The molecule has 5 aromatic heterocycles. The molecule has 0 saturated carbocycles. The number of nitriles is 1. The van der Waals surface area contributed by atoms with Crippen molar-refractivity contribution in [2.45, 2.75) is 26.2 Å². The van der Waals surface area contributed by atoms with Gasteiger partial charge in [-0.1, -0.05) is 38.1 Å². The number of rotatable bonds is 6.